The van der Waals surface area contributed by atoms with Crippen LogP contribution in [0.15, 0.2) is 42.5 Å². The van der Waals surface area contributed by atoms with Crippen LogP contribution in [-0.4, -0.2) is 17.9 Å². The van der Waals surface area contributed by atoms with E-state index < -0.39 is 0 Å². The average molecular weight is 379 g/mol. The van der Waals surface area contributed by atoms with Crippen LogP contribution >= 0.6 is 22.6 Å². The molecule has 2 aromatic rings. The molecule has 20 heavy (non-hydrogen) atoms. The Morgan fingerprint density at radius 3 is 2.70 bits per heavy atom. The molecule has 0 saturated carbocycles. The van der Waals surface area contributed by atoms with E-state index in [1.54, 1.807) is 7.11 Å². The standard InChI is InChI=1S/C16H14INO2/c1-20-13-7-12-10-18(9-11-5-3-2-4-6-11)16(19)15(12)14(17)8-13/h2-8H,9-10H2,1H3. The number of carbonyl (C=O) groups excluding carboxylic acids is 1. The highest BCUT2D eigenvalue weighted by atomic mass is 127. The fourth-order valence-corrected chi connectivity index (χ4v) is 3.37. The molecule has 1 aliphatic rings. The zero-order valence-electron chi connectivity index (χ0n) is 11.1. The molecule has 102 valence electrons. The molecule has 0 bridgehead atoms. The van der Waals surface area contributed by atoms with E-state index in [0.717, 1.165) is 26.0 Å². The molecule has 0 spiro atoms. The van der Waals surface area contributed by atoms with Crippen molar-refractivity contribution in [2.24, 2.45) is 0 Å². The van der Waals surface area contributed by atoms with Crippen molar-refractivity contribution < 1.29 is 9.53 Å². The fourth-order valence-electron chi connectivity index (χ4n) is 2.49. The zero-order chi connectivity index (χ0) is 14.1. The van der Waals surface area contributed by atoms with E-state index in [9.17, 15) is 4.79 Å². The Balaban J connectivity index is 1.89. The molecule has 1 heterocycles. The van der Waals surface area contributed by atoms with Gasteiger partial charge in [0.15, 0.2) is 0 Å². The molecule has 2 aromatic carbocycles. The van der Waals surface area contributed by atoms with Crippen LogP contribution in [0.5, 0.6) is 5.75 Å². The molecule has 0 radical (unpaired) electrons. The summed E-state index contributed by atoms with van der Waals surface area (Å²) in [5.41, 5.74) is 3.02. The lowest BCUT2D eigenvalue weighted by Crippen LogP contribution is -2.23. The second-order valence-electron chi connectivity index (χ2n) is 4.79. The van der Waals surface area contributed by atoms with E-state index >= 15 is 0 Å². The lowest BCUT2D eigenvalue weighted by molar-refractivity contribution is 0.0766. The predicted octanol–water partition coefficient (Wildman–Crippen LogP) is 3.46. The topological polar surface area (TPSA) is 29.5 Å². The predicted molar refractivity (Wildman–Crippen MR) is 85.7 cm³/mol. The number of amides is 1. The summed E-state index contributed by atoms with van der Waals surface area (Å²) in [5.74, 6) is 0.915. The van der Waals surface area contributed by atoms with Crippen LogP contribution < -0.4 is 4.74 Å². The molecular weight excluding hydrogens is 365 g/mol. The van der Waals surface area contributed by atoms with E-state index in [1.807, 2.05) is 47.4 Å². The highest BCUT2D eigenvalue weighted by Gasteiger charge is 2.30. The number of ether oxygens (including phenoxy) is 1. The van der Waals surface area contributed by atoms with Gasteiger partial charge in [-0.15, -0.1) is 0 Å². The number of methoxy groups -OCH3 is 1. The number of hydrogen-bond donors (Lipinski definition) is 0. The molecule has 0 unspecified atom stereocenters. The van der Waals surface area contributed by atoms with Crippen molar-refractivity contribution in [3.63, 3.8) is 0 Å². The van der Waals surface area contributed by atoms with Crippen LogP contribution in [0.2, 0.25) is 0 Å². The molecule has 0 aromatic heterocycles. The minimum atomic E-state index is 0.107. The van der Waals surface area contributed by atoms with E-state index in [4.69, 9.17) is 4.74 Å². The number of fused-ring (bicyclic) bond motifs is 1. The first-order valence-corrected chi connectivity index (χ1v) is 7.46. The summed E-state index contributed by atoms with van der Waals surface area (Å²) in [5, 5.41) is 0. The lowest BCUT2D eigenvalue weighted by atomic mass is 10.1. The fraction of sp³-hybridized carbons (Fsp3) is 0.188. The van der Waals surface area contributed by atoms with Gasteiger partial charge in [-0.3, -0.25) is 4.79 Å². The van der Waals surface area contributed by atoms with Gasteiger partial charge in [-0.25, -0.2) is 0 Å². The van der Waals surface area contributed by atoms with Crippen LogP contribution in [0, 0.1) is 3.57 Å². The van der Waals surface area contributed by atoms with Gasteiger partial charge >= 0.3 is 0 Å². The average Bonchev–Trinajstić information content (AvgIpc) is 2.76. The van der Waals surface area contributed by atoms with E-state index in [2.05, 4.69) is 22.6 Å². The second kappa shape index (κ2) is 5.44. The Labute approximate surface area is 131 Å². The summed E-state index contributed by atoms with van der Waals surface area (Å²) in [7, 11) is 1.65. The largest absolute Gasteiger partial charge is 0.497 e. The molecule has 1 amide bonds. The van der Waals surface area contributed by atoms with Crippen LogP contribution in [0.3, 0.4) is 0 Å². The minimum absolute atomic E-state index is 0.107. The molecule has 0 aliphatic carbocycles. The monoisotopic (exact) mass is 379 g/mol. The van der Waals surface area contributed by atoms with E-state index in [-0.39, 0.29) is 5.91 Å². The summed E-state index contributed by atoms with van der Waals surface area (Å²) in [4.78, 5) is 14.4. The Morgan fingerprint density at radius 2 is 2.00 bits per heavy atom. The van der Waals surface area contributed by atoms with Crippen molar-refractivity contribution in [1.29, 1.82) is 0 Å². The number of nitrogens with zero attached hydrogens (tertiary/aromatic N) is 1. The smallest absolute Gasteiger partial charge is 0.255 e. The first kappa shape index (κ1) is 13.4. The van der Waals surface area contributed by atoms with Gasteiger partial charge in [-0.05, 0) is 45.9 Å². The lowest BCUT2D eigenvalue weighted by Gasteiger charge is -2.15. The molecule has 4 heteroatoms. The van der Waals surface area contributed by atoms with Crippen molar-refractivity contribution in [3.05, 3.63) is 62.7 Å². The van der Waals surface area contributed by atoms with Gasteiger partial charge in [-0.2, -0.15) is 0 Å². The van der Waals surface area contributed by atoms with Gasteiger partial charge in [0.1, 0.15) is 5.75 Å². The van der Waals surface area contributed by atoms with Crippen LogP contribution in [0.4, 0.5) is 0 Å². The molecule has 0 N–H and O–H groups in total. The summed E-state index contributed by atoms with van der Waals surface area (Å²) in [6.45, 7) is 1.29. The molecule has 3 nitrogen and oxygen atoms in total. The van der Waals surface area contributed by atoms with Crippen LogP contribution in [0.25, 0.3) is 0 Å². The third-order valence-electron chi connectivity index (χ3n) is 3.46. The molecule has 0 saturated heterocycles. The van der Waals surface area contributed by atoms with Crippen molar-refractivity contribution in [2.45, 2.75) is 13.1 Å². The number of hydrogen-bond acceptors (Lipinski definition) is 2. The maximum absolute atomic E-state index is 12.5. The van der Waals surface area contributed by atoms with Gasteiger partial charge in [0.25, 0.3) is 5.91 Å². The molecule has 3 rings (SSSR count). The first-order chi connectivity index (χ1) is 9.69. The third-order valence-corrected chi connectivity index (χ3v) is 4.31. The first-order valence-electron chi connectivity index (χ1n) is 6.38. The van der Waals surface area contributed by atoms with Gasteiger partial charge in [0, 0.05) is 16.7 Å². The SMILES string of the molecule is COc1cc(I)c2c(c1)CN(Cc1ccccc1)C2=O. The highest BCUT2D eigenvalue weighted by Crippen LogP contribution is 2.32. The normalized spacial score (nSPS) is 13.5. The van der Waals surface area contributed by atoms with Crippen LogP contribution in [0.1, 0.15) is 21.5 Å². The Hall–Kier alpha value is -1.56. The summed E-state index contributed by atoms with van der Waals surface area (Å²) < 4.78 is 6.23. The molecular formula is C16H14INO2. The quantitative estimate of drug-likeness (QED) is 0.765. The maximum Gasteiger partial charge on any atom is 0.255 e. The van der Waals surface area contributed by atoms with Crippen molar-refractivity contribution in [3.8, 4) is 5.75 Å². The van der Waals surface area contributed by atoms with Crippen molar-refractivity contribution >= 4 is 28.5 Å². The van der Waals surface area contributed by atoms with Gasteiger partial charge in [0.2, 0.25) is 0 Å². The number of halogens is 1. The second-order valence-corrected chi connectivity index (χ2v) is 5.95. The highest BCUT2D eigenvalue weighted by molar-refractivity contribution is 14.1. The Morgan fingerprint density at radius 1 is 1.25 bits per heavy atom. The number of rotatable bonds is 3. The third kappa shape index (κ3) is 2.40. The molecule has 1 aliphatic heterocycles. The molecule has 0 atom stereocenters. The maximum atomic E-state index is 12.5. The molecule has 0 fully saturated rings. The summed E-state index contributed by atoms with van der Waals surface area (Å²) in [6.07, 6.45) is 0. The zero-order valence-corrected chi connectivity index (χ0v) is 13.3. The van der Waals surface area contributed by atoms with Gasteiger partial charge < -0.3 is 9.64 Å². The minimum Gasteiger partial charge on any atom is -0.497 e. The van der Waals surface area contributed by atoms with Crippen molar-refractivity contribution in [1.82, 2.24) is 4.90 Å². The van der Waals surface area contributed by atoms with Crippen LogP contribution in [-0.2, 0) is 13.1 Å². The summed E-state index contributed by atoms with van der Waals surface area (Å²) in [6, 6.07) is 13.9. The van der Waals surface area contributed by atoms with Crippen molar-refractivity contribution in [2.75, 3.05) is 7.11 Å². The number of carbonyl (C=O) groups is 1. The number of benzene rings is 2. The van der Waals surface area contributed by atoms with E-state index in [1.165, 1.54) is 0 Å². The van der Waals surface area contributed by atoms with E-state index in [0.29, 0.717) is 13.1 Å². The Bertz CT molecular complexity index is 655. The van der Waals surface area contributed by atoms with Gasteiger partial charge in [0.05, 0.1) is 12.7 Å². The van der Waals surface area contributed by atoms with Gasteiger partial charge in [-0.1, -0.05) is 30.3 Å². The summed E-state index contributed by atoms with van der Waals surface area (Å²) >= 11 is 2.20. The Kier molecular flexibility index (Phi) is 3.65.